The zero-order valence-electron chi connectivity index (χ0n) is 7.53. The summed E-state index contributed by atoms with van der Waals surface area (Å²) in [6.45, 7) is 0.582. The van der Waals surface area contributed by atoms with Crippen LogP contribution in [0.1, 0.15) is 12.8 Å². The van der Waals surface area contributed by atoms with Gasteiger partial charge < -0.3 is 16.2 Å². The number of rotatable bonds is 7. The monoisotopic (exact) mass is 204 g/mol. The van der Waals surface area contributed by atoms with Gasteiger partial charge in [-0.05, 0) is 18.4 Å². The summed E-state index contributed by atoms with van der Waals surface area (Å²) in [5, 5.41) is 12.9. The van der Waals surface area contributed by atoms with Gasteiger partial charge in [-0.25, -0.2) is 0 Å². The fourth-order valence-corrected chi connectivity index (χ4v) is 1.20. The normalized spacial score (nSPS) is 10.6. The van der Waals surface area contributed by atoms with Crippen molar-refractivity contribution in [2.45, 2.75) is 12.8 Å². The smallest absolute Gasteiger partial charge is 0.220 e. The maximum absolute atomic E-state index is 11.0. The molecule has 1 amide bonds. The highest BCUT2D eigenvalue weighted by atomic mass is 32.2. The number of carbonyl (C=O) groups excluding carboxylic acids is 1. The Morgan fingerprint density at radius 1 is 1.62 bits per heavy atom. The number of aliphatic hydroxyl groups excluding tert-OH is 1. The summed E-state index contributed by atoms with van der Waals surface area (Å²) in [4.78, 5) is 11.0. The van der Waals surface area contributed by atoms with Crippen LogP contribution in [0.4, 0.5) is 0 Å². The number of amides is 1. The number of hydrogen-bond acceptors (Lipinski definition) is 4. The third-order valence-electron chi connectivity index (χ3n) is 1.26. The van der Waals surface area contributed by atoms with Crippen molar-refractivity contribution in [2.24, 2.45) is 5.73 Å². The van der Waals surface area contributed by atoms with Crippen molar-refractivity contribution >= 4 is 17.7 Å². The molecule has 0 aromatic carbocycles. The molecule has 0 spiro atoms. The molecule has 0 unspecified atom stereocenters. The van der Waals surface area contributed by atoms with Gasteiger partial charge in [0.05, 0.1) is 12.5 Å². The Hall–Kier alpha value is -0.520. The molecule has 0 aliphatic rings. The first-order valence-electron chi connectivity index (χ1n) is 4.15. The average Bonchev–Trinajstić information content (AvgIpc) is 2.14. The van der Waals surface area contributed by atoms with Crippen molar-refractivity contribution in [3.05, 3.63) is 11.5 Å². The molecule has 0 fully saturated rings. The van der Waals surface area contributed by atoms with Crippen LogP contribution in [0, 0.1) is 0 Å². The standard InChI is InChI=1S/C8H16N2O2S/c9-4-1-3-8(12)10-7-13-6-2-5-11/h2,6,11H,1,3-5,7,9H2,(H,10,12). The maximum Gasteiger partial charge on any atom is 0.220 e. The van der Waals surface area contributed by atoms with Gasteiger partial charge in [-0.1, -0.05) is 6.08 Å². The molecule has 0 saturated heterocycles. The third kappa shape index (κ3) is 9.39. The van der Waals surface area contributed by atoms with E-state index in [2.05, 4.69) is 5.32 Å². The van der Waals surface area contributed by atoms with Gasteiger partial charge in [0.15, 0.2) is 0 Å². The molecule has 0 bridgehead atoms. The van der Waals surface area contributed by atoms with Crippen LogP contribution in [0.2, 0.25) is 0 Å². The zero-order valence-corrected chi connectivity index (χ0v) is 8.35. The predicted molar refractivity (Wildman–Crippen MR) is 55.1 cm³/mol. The second-order valence-corrected chi connectivity index (χ2v) is 3.25. The van der Waals surface area contributed by atoms with E-state index in [-0.39, 0.29) is 12.5 Å². The van der Waals surface area contributed by atoms with Crippen molar-refractivity contribution in [1.29, 1.82) is 0 Å². The van der Waals surface area contributed by atoms with E-state index in [1.807, 2.05) is 0 Å². The quantitative estimate of drug-likeness (QED) is 0.404. The molecule has 13 heavy (non-hydrogen) atoms. The minimum Gasteiger partial charge on any atom is -0.392 e. The Kier molecular flexibility index (Phi) is 9.18. The van der Waals surface area contributed by atoms with E-state index in [1.165, 1.54) is 11.8 Å². The van der Waals surface area contributed by atoms with E-state index >= 15 is 0 Å². The van der Waals surface area contributed by atoms with Crippen molar-refractivity contribution in [1.82, 2.24) is 5.32 Å². The summed E-state index contributed by atoms with van der Waals surface area (Å²) in [5.74, 6) is 0.565. The number of nitrogens with one attached hydrogen (secondary N) is 1. The highest BCUT2D eigenvalue weighted by Crippen LogP contribution is 1.98. The molecule has 0 aromatic heterocycles. The lowest BCUT2D eigenvalue weighted by atomic mass is 10.3. The van der Waals surface area contributed by atoms with E-state index < -0.39 is 0 Å². The summed E-state index contributed by atoms with van der Waals surface area (Å²) in [6.07, 6.45) is 2.83. The van der Waals surface area contributed by atoms with Gasteiger partial charge >= 0.3 is 0 Å². The molecule has 4 nitrogen and oxygen atoms in total. The van der Waals surface area contributed by atoms with Gasteiger partial charge in [-0.15, -0.1) is 11.8 Å². The van der Waals surface area contributed by atoms with Gasteiger partial charge in [0.2, 0.25) is 5.91 Å². The summed E-state index contributed by atoms with van der Waals surface area (Å²) in [6, 6.07) is 0. The van der Waals surface area contributed by atoms with E-state index in [0.29, 0.717) is 18.8 Å². The summed E-state index contributed by atoms with van der Waals surface area (Å²) in [7, 11) is 0. The molecular formula is C8H16N2O2S. The Balaban J connectivity index is 3.21. The van der Waals surface area contributed by atoms with Crippen molar-refractivity contribution < 1.29 is 9.90 Å². The molecule has 5 heteroatoms. The number of hydrogen-bond donors (Lipinski definition) is 3. The second-order valence-electron chi connectivity index (χ2n) is 2.36. The zero-order chi connectivity index (χ0) is 9.94. The van der Waals surface area contributed by atoms with E-state index in [0.717, 1.165) is 6.42 Å². The minimum absolute atomic E-state index is 0.0235. The Morgan fingerprint density at radius 3 is 3.00 bits per heavy atom. The molecule has 76 valence electrons. The van der Waals surface area contributed by atoms with Crippen molar-refractivity contribution in [3.63, 3.8) is 0 Å². The lowest BCUT2D eigenvalue weighted by molar-refractivity contribution is -0.120. The van der Waals surface area contributed by atoms with Crippen LogP contribution in [0.25, 0.3) is 0 Å². The number of nitrogens with two attached hydrogens (primary N) is 1. The lowest BCUT2D eigenvalue weighted by Gasteiger charge is -2.01. The first-order chi connectivity index (χ1) is 6.31. The second kappa shape index (κ2) is 9.57. The SMILES string of the molecule is NCCCC(=O)NCSC=CCO. The van der Waals surface area contributed by atoms with Crippen molar-refractivity contribution in [2.75, 3.05) is 19.0 Å². The van der Waals surface area contributed by atoms with Crippen LogP contribution < -0.4 is 11.1 Å². The first-order valence-corrected chi connectivity index (χ1v) is 5.20. The largest absolute Gasteiger partial charge is 0.392 e. The summed E-state index contributed by atoms with van der Waals surface area (Å²) < 4.78 is 0. The summed E-state index contributed by atoms with van der Waals surface area (Å²) in [5.41, 5.74) is 5.25. The lowest BCUT2D eigenvalue weighted by Crippen LogP contribution is -2.22. The maximum atomic E-state index is 11.0. The van der Waals surface area contributed by atoms with Gasteiger partial charge in [0, 0.05) is 6.42 Å². The molecule has 0 aromatic rings. The molecule has 0 aliphatic carbocycles. The Bertz CT molecular complexity index is 162. The molecule has 0 saturated carbocycles. The van der Waals surface area contributed by atoms with Gasteiger partial charge in [-0.3, -0.25) is 4.79 Å². The molecule has 0 radical (unpaired) electrons. The highest BCUT2D eigenvalue weighted by molar-refractivity contribution is 8.02. The predicted octanol–water partition coefficient (Wildman–Crippen LogP) is 0.0382. The molecule has 0 aliphatic heterocycles. The van der Waals surface area contributed by atoms with Crippen LogP contribution >= 0.6 is 11.8 Å². The van der Waals surface area contributed by atoms with E-state index in [4.69, 9.17) is 10.8 Å². The number of aliphatic hydroxyl groups is 1. The summed E-state index contributed by atoms with van der Waals surface area (Å²) >= 11 is 1.44. The Morgan fingerprint density at radius 2 is 2.38 bits per heavy atom. The fourth-order valence-electron chi connectivity index (χ4n) is 0.632. The number of carbonyl (C=O) groups is 1. The van der Waals surface area contributed by atoms with Crippen LogP contribution in [-0.2, 0) is 4.79 Å². The van der Waals surface area contributed by atoms with Crippen LogP contribution in [0.3, 0.4) is 0 Å². The highest BCUT2D eigenvalue weighted by Gasteiger charge is 1.97. The van der Waals surface area contributed by atoms with Crippen molar-refractivity contribution in [3.8, 4) is 0 Å². The van der Waals surface area contributed by atoms with Crippen LogP contribution in [0.5, 0.6) is 0 Å². The van der Waals surface area contributed by atoms with Gasteiger partial charge in [0.1, 0.15) is 0 Å². The van der Waals surface area contributed by atoms with E-state index in [1.54, 1.807) is 11.5 Å². The molecule has 4 N–H and O–H groups in total. The van der Waals surface area contributed by atoms with Gasteiger partial charge in [0.25, 0.3) is 0 Å². The molecule has 0 heterocycles. The Labute approximate surface area is 82.6 Å². The molecular weight excluding hydrogens is 188 g/mol. The van der Waals surface area contributed by atoms with Crippen LogP contribution in [0.15, 0.2) is 11.5 Å². The average molecular weight is 204 g/mol. The van der Waals surface area contributed by atoms with E-state index in [9.17, 15) is 4.79 Å². The number of thioether (sulfide) groups is 1. The van der Waals surface area contributed by atoms with Gasteiger partial charge in [-0.2, -0.15) is 0 Å². The topological polar surface area (TPSA) is 75.4 Å². The third-order valence-corrected chi connectivity index (χ3v) is 1.95. The molecule has 0 atom stereocenters. The first kappa shape index (κ1) is 12.5. The van der Waals surface area contributed by atoms with Crippen LogP contribution in [-0.4, -0.2) is 30.0 Å². The fraction of sp³-hybridized carbons (Fsp3) is 0.625. The molecule has 0 rings (SSSR count). The minimum atomic E-state index is 0.0235.